The van der Waals surface area contributed by atoms with Crippen LogP contribution in [-0.4, -0.2) is 14.7 Å². The third-order valence-electron chi connectivity index (χ3n) is 2.74. The summed E-state index contributed by atoms with van der Waals surface area (Å²) in [6, 6.07) is 11.0. The molecule has 2 N–H and O–H groups in total. The van der Waals surface area contributed by atoms with Gasteiger partial charge in [0.15, 0.2) is 0 Å². The van der Waals surface area contributed by atoms with Gasteiger partial charge in [0.05, 0.1) is 24.2 Å². The number of hydrogen-bond acceptors (Lipinski definition) is 4. The van der Waals surface area contributed by atoms with Gasteiger partial charge in [-0.15, -0.1) is 0 Å². The van der Waals surface area contributed by atoms with Crippen LogP contribution in [0.4, 0.5) is 11.4 Å². The molecule has 0 saturated heterocycles. The van der Waals surface area contributed by atoms with Crippen LogP contribution in [0.15, 0.2) is 40.8 Å². The summed E-state index contributed by atoms with van der Waals surface area (Å²) in [5.74, 6) is 1.75. The molecule has 0 bridgehead atoms. The fourth-order valence-corrected chi connectivity index (χ4v) is 2.39. The molecule has 1 aromatic heterocycles. The van der Waals surface area contributed by atoms with Crippen molar-refractivity contribution >= 4 is 21.4 Å². The highest BCUT2D eigenvalue weighted by molar-refractivity contribution is 7.92. The van der Waals surface area contributed by atoms with Crippen LogP contribution in [0.25, 0.3) is 0 Å². The minimum Gasteiger partial charge on any atom is -0.464 e. The van der Waals surface area contributed by atoms with Gasteiger partial charge in [-0.25, -0.2) is 8.42 Å². The first-order chi connectivity index (χ1) is 9.48. The first-order valence-corrected chi connectivity index (χ1v) is 8.25. The zero-order valence-electron chi connectivity index (χ0n) is 11.5. The molecule has 1 aromatic carbocycles. The van der Waals surface area contributed by atoms with Gasteiger partial charge in [-0.2, -0.15) is 0 Å². The molecule has 6 heteroatoms. The third kappa shape index (κ3) is 4.03. The maximum Gasteiger partial charge on any atom is 0.229 e. The molecule has 2 rings (SSSR count). The lowest BCUT2D eigenvalue weighted by atomic mass is 10.2. The number of nitrogens with one attached hydrogen (secondary N) is 2. The summed E-state index contributed by atoms with van der Waals surface area (Å²) in [7, 11) is -3.30. The number of sulfonamides is 1. The van der Waals surface area contributed by atoms with Gasteiger partial charge >= 0.3 is 0 Å². The standard InChI is InChI=1S/C14H18N2O3S/c1-3-11-8-9-12(19-11)10-15-13-6-4-5-7-14(13)16-20(2,17)18/h4-9,15-16H,3,10H2,1-2H3. The smallest absolute Gasteiger partial charge is 0.229 e. The predicted molar refractivity (Wildman–Crippen MR) is 80.3 cm³/mol. The lowest BCUT2D eigenvalue weighted by molar-refractivity contribution is 0.476. The van der Waals surface area contributed by atoms with Crippen LogP contribution >= 0.6 is 0 Å². The highest BCUT2D eigenvalue weighted by Gasteiger charge is 2.07. The Labute approximate surface area is 119 Å². The Hall–Kier alpha value is -1.95. The van der Waals surface area contributed by atoms with E-state index in [1.807, 2.05) is 31.2 Å². The van der Waals surface area contributed by atoms with Crippen molar-refractivity contribution < 1.29 is 12.8 Å². The van der Waals surface area contributed by atoms with Gasteiger partial charge in [0, 0.05) is 6.42 Å². The molecule has 0 atom stereocenters. The molecule has 0 aliphatic carbocycles. The van der Waals surface area contributed by atoms with Gasteiger partial charge < -0.3 is 9.73 Å². The van der Waals surface area contributed by atoms with E-state index in [1.165, 1.54) is 0 Å². The number of aryl methyl sites for hydroxylation is 1. The second kappa shape index (κ2) is 6.00. The molecule has 0 unspecified atom stereocenters. The van der Waals surface area contributed by atoms with Crippen LogP contribution in [0.3, 0.4) is 0 Å². The third-order valence-corrected chi connectivity index (χ3v) is 3.33. The SMILES string of the molecule is CCc1ccc(CNc2ccccc2NS(C)(=O)=O)o1. The lowest BCUT2D eigenvalue weighted by Crippen LogP contribution is -2.11. The summed E-state index contributed by atoms with van der Waals surface area (Å²) in [4.78, 5) is 0. The number of para-hydroxylation sites is 2. The van der Waals surface area contributed by atoms with E-state index in [-0.39, 0.29) is 0 Å². The number of anilines is 2. The van der Waals surface area contributed by atoms with Crippen molar-refractivity contribution in [2.24, 2.45) is 0 Å². The van der Waals surface area contributed by atoms with Gasteiger partial charge in [0.25, 0.3) is 0 Å². The maximum atomic E-state index is 11.3. The van der Waals surface area contributed by atoms with Crippen LogP contribution in [0.5, 0.6) is 0 Å². The number of benzene rings is 1. The largest absolute Gasteiger partial charge is 0.464 e. The van der Waals surface area contributed by atoms with E-state index < -0.39 is 10.0 Å². The molecule has 0 amide bonds. The number of rotatable bonds is 6. The first kappa shape index (κ1) is 14.5. The number of hydrogen-bond donors (Lipinski definition) is 2. The number of furan rings is 1. The van der Waals surface area contributed by atoms with E-state index >= 15 is 0 Å². The zero-order valence-corrected chi connectivity index (χ0v) is 12.3. The highest BCUT2D eigenvalue weighted by atomic mass is 32.2. The molecule has 2 aromatic rings. The van der Waals surface area contributed by atoms with Gasteiger partial charge in [-0.3, -0.25) is 4.72 Å². The molecule has 0 spiro atoms. The van der Waals surface area contributed by atoms with Gasteiger partial charge in [0.2, 0.25) is 10.0 Å². The van der Waals surface area contributed by atoms with Crippen LogP contribution in [0.2, 0.25) is 0 Å². The van der Waals surface area contributed by atoms with E-state index in [2.05, 4.69) is 10.0 Å². The molecule has 108 valence electrons. The average Bonchev–Trinajstić information content (AvgIpc) is 2.84. The summed E-state index contributed by atoms with van der Waals surface area (Å²) in [5, 5.41) is 3.17. The molecule has 20 heavy (non-hydrogen) atoms. The maximum absolute atomic E-state index is 11.3. The molecular weight excluding hydrogens is 276 g/mol. The lowest BCUT2D eigenvalue weighted by Gasteiger charge is -2.11. The molecule has 0 fully saturated rings. The van der Waals surface area contributed by atoms with Gasteiger partial charge in [-0.05, 0) is 24.3 Å². The molecule has 0 radical (unpaired) electrons. The molecule has 5 nitrogen and oxygen atoms in total. The quantitative estimate of drug-likeness (QED) is 0.859. The van der Waals surface area contributed by atoms with Crippen LogP contribution < -0.4 is 10.0 Å². The van der Waals surface area contributed by atoms with Crippen molar-refractivity contribution in [1.29, 1.82) is 0 Å². The molecule has 0 aliphatic rings. The van der Waals surface area contributed by atoms with E-state index in [1.54, 1.807) is 12.1 Å². The molecule has 0 saturated carbocycles. The molecule has 0 aliphatic heterocycles. The minimum atomic E-state index is -3.30. The van der Waals surface area contributed by atoms with Crippen molar-refractivity contribution in [3.05, 3.63) is 47.9 Å². The van der Waals surface area contributed by atoms with E-state index in [0.717, 1.165) is 24.2 Å². The second-order valence-corrected chi connectivity index (χ2v) is 6.24. The van der Waals surface area contributed by atoms with Gasteiger partial charge in [-0.1, -0.05) is 19.1 Å². The average molecular weight is 294 g/mol. The fraction of sp³-hybridized carbons (Fsp3) is 0.286. The normalized spacial score (nSPS) is 11.3. The van der Waals surface area contributed by atoms with Gasteiger partial charge in [0.1, 0.15) is 11.5 Å². The minimum absolute atomic E-state index is 0.502. The highest BCUT2D eigenvalue weighted by Crippen LogP contribution is 2.22. The summed E-state index contributed by atoms with van der Waals surface area (Å²) in [6.07, 6.45) is 1.98. The molecule has 1 heterocycles. The van der Waals surface area contributed by atoms with Crippen molar-refractivity contribution in [2.45, 2.75) is 19.9 Å². The topological polar surface area (TPSA) is 71.3 Å². The Bertz CT molecular complexity index is 677. The molecular formula is C14H18N2O3S. The van der Waals surface area contributed by atoms with Crippen molar-refractivity contribution in [2.75, 3.05) is 16.3 Å². The van der Waals surface area contributed by atoms with Crippen molar-refractivity contribution in [3.63, 3.8) is 0 Å². The van der Waals surface area contributed by atoms with Crippen LogP contribution in [0.1, 0.15) is 18.4 Å². The predicted octanol–water partition coefficient (Wildman–Crippen LogP) is 2.83. The Morgan fingerprint density at radius 3 is 2.30 bits per heavy atom. The summed E-state index contributed by atoms with van der Waals surface area (Å²) in [6.45, 7) is 2.53. The summed E-state index contributed by atoms with van der Waals surface area (Å²) < 4.78 is 30.7. The summed E-state index contributed by atoms with van der Waals surface area (Å²) >= 11 is 0. The Kier molecular flexibility index (Phi) is 4.34. The van der Waals surface area contributed by atoms with Crippen LogP contribution in [0, 0.1) is 0 Å². The van der Waals surface area contributed by atoms with Crippen LogP contribution in [-0.2, 0) is 23.0 Å². The van der Waals surface area contributed by atoms with E-state index in [4.69, 9.17) is 4.42 Å². The summed E-state index contributed by atoms with van der Waals surface area (Å²) in [5.41, 5.74) is 1.24. The fourth-order valence-electron chi connectivity index (χ4n) is 1.82. The Morgan fingerprint density at radius 2 is 1.70 bits per heavy atom. The zero-order chi connectivity index (χ0) is 14.6. The van der Waals surface area contributed by atoms with E-state index in [9.17, 15) is 8.42 Å². The Balaban J connectivity index is 2.09. The second-order valence-electron chi connectivity index (χ2n) is 4.49. The van der Waals surface area contributed by atoms with Crippen molar-refractivity contribution in [1.82, 2.24) is 0 Å². The monoisotopic (exact) mass is 294 g/mol. The first-order valence-electron chi connectivity index (χ1n) is 6.36. The Morgan fingerprint density at radius 1 is 1.05 bits per heavy atom. The van der Waals surface area contributed by atoms with E-state index in [0.29, 0.717) is 17.9 Å². The van der Waals surface area contributed by atoms with Crippen molar-refractivity contribution in [3.8, 4) is 0 Å².